The zero-order valence-corrected chi connectivity index (χ0v) is 21.5. The number of carbonyl (C=O) groups excluding carboxylic acids is 2. The lowest BCUT2D eigenvalue weighted by Gasteiger charge is -2.29. The molecule has 0 spiro atoms. The van der Waals surface area contributed by atoms with E-state index < -0.39 is 16.1 Å². The monoisotopic (exact) mass is 509 g/mol. The van der Waals surface area contributed by atoms with Crippen LogP contribution in [0.5, 0.6) is 5.75 Å². The van der Waals surface area contributed by atoms with Gasteiger partial charge in [0.1, 0.15) is 11.8 Å². The van der Waals surface area contributed by atoms with E-state index >= 15 is 0 Å². The molecule has 2 aromatic rings. The van der Waals surface area contributed by atoms with E-state index in [9.17, 15) is 18.0 Å². The fourth-order valence-corrected chi connectivity index (χ4v) is 4.71. The van der Waals surface area contributed by atoms with Gasteiger partial charge in [0.15, 0.2) is 0 Å². The van der Waals surface area contributed by atoms with E-state index in [0.29, 0.717) is 18.0 Å². The smallest absolute Gasteiger partial charge is 0.242 e. The number of amides is 2. The first-order valence-electron chi connectivity index (χ1n) is 11.0. The largest absolute Gasteiger partial charge is 0.495 e. The summed E-state index contributed by atoms with van der Waals surface area (Å²) in [5.74, 6) is -0.0359. The van der Waals surface area contributed by atoms with Crippen molar-refractivity contribution in [1.82, 2.24) is 10.2 Å². The number of nitrogens with one attached hydrogen (secondary N) is 1. The highest BCUT2D eigenvalue weighted by atomic mass is 35.5. The van der Waals surface area contributed by atoms with E-state index in [-0.39, 0.29) is 42.8 Å². The van der Waals surface area contributed by atoms with E-state index in [2.05, 4.69) is 5.32 Å². The minimum absolute atomic E-state index is 0.0759. The van der Waals surface area contributed by atoms with Crippen LogP contribution in [0.1, 0.15) is 32.3 Å². The molecule has 1 atom stereocenters. The van der Waals surface area contributed by atoms with E-state index in [1.165, 1.54) is 22.4 Å². The molecule has 2 amide bonds. The molecule has 0 saturated carbocycles. The maximum atomic E-state index is 13.1. The molecule has 0 fully saturated rings. The number of halogens is 1. The maximum Gasteiger partial charge on any atom is 0.242 e. The van der Waals surface area contributed by atoms with Crippen molar-refractivity contribution >= 4 is 39.1 Å². The predicted molar refractivity (Wildman–Crippen MR) is 135 cm³/mol. The molecule has 0 aliphatic heterocycles. The lowest BCUT2D eigenvalue weighted by atomic mass is 10.1. The van der Waals surface area contributed by atoms with Crippen molar-refractivity contribution in [3.63, 3.8) is 0 Å². The molecule has 2 rings (SSSR count). The molecular formula is C24H32ClN3O5S. The van der Waals surface area contributed by atoms with Crippen molar-refractivity contribution < 1.29 is 22.7 Å². The van der Waals surface area contributed by atoms with Crippen LogP contribution in [0.2, 0.25) is 5.02 Å². The second-order valence-corrected chi connectivity index (χ2v) is 10.1. The van der Waals surface area contributed by atoms with Crippen LogP contribution in [0.15, 0.2) is 48.5 Å². The van der Waals surface area contributed by atoms with Crippen molar-refractivity contribution in [2.24, 2.45) is 0 Å². The lowest BCUT2D eigenvalue weighted by molar-refractivity contribution is -0.140. The summed E-state index contributed by atoms with van der Waals surface area (Å²) < 4.78 is 31.2. The molecular weight excluding hydrogens is 478 g/mol. The number of methoxy groups -OCH3 is 1. The molecule has 2 aromatic carbocycles. The zero-order valence-electron chi connectivity index (χ0n) is 20.0. The van der Waals surface area contributed by atoms with Gasteiger partial charge in [0, 0.05) is 26.1 Å². The highest BCUT2D eigenvalue weighted by Gasteiger charge is 2.26. The molecule has 0 saturated heterocycles. The van der Waals surface area contributed by atoms with Gasteiger partial charge in [-0.1, -0.05) is 41.9 Å². The van der Waals surface area contributed by atoms with Gasteiger partial charge >= 0.3 is 0 Å². The van der Waals surface area contributed by atoms with Crippen LogP contribution >= 0.6 is 11.6 Å². The van der Waals surface area contributed by atoms with Crippen molar-refractivity contribution in [2.45, 2.75) is 39.3 Å². The Morgan fingerprint density at radius 3 is 2.38 bits per heavy atom. The molecule has 0 aliphatic rings. The van der Waals surface area contributed by atoms with Gasteiger partial charge in [-0.25, -0.2) is 8.42 Å². The van der Waals surface area contributed by atoms with Crippen LogP contribution in [0.4, 0.5) is 5.69 Å². The first-order valence-corrected chi connectivity index (χ1v) is 13.2. The average molecular weight is 510 g/mol. The van der Waals surface area contributed by atoms with Crippen LogP contribution < -0.4 is 14.4 Å². The number of hydrogen-bond acceptors (Lipinski definition) is 5. The van der Waals surface area contributed by atoms with Gasteiger partial charge in [0.25, 0.3) is 0 Å². The summed E-state index contributed by atoms with van der Waals surface area (Å²) in [5.41, 5.74) is 1.29. The molecule has 0 aromatic heterocycles. The Hall–Kier alpha value is -2.78. The average Bonchev–Trinajstić information content (AvgIpc) is 2.79. The van der Waals surface area contributed by atoms with E-state index in [1.54, 1.807) is 19.1 Å². The van der Waals surface area contributed by atoms with Gasteiger partial charge < -0.3 is 15.0 Å². The summed E-state index contributed by atoms with van der Waals surface area (Å²) >= 11 is 6.17. The third kappa shape index (κ3) is 7.63. The molecule has 0 radical (unpaired) electrons. The number of carbonyl (C=O) groups is 2. The van der Waals surface area contributed by atoms with Crippen molar-refractivity contribution in [3.8, 4) is 5.75 Å². The number of rotatable bonds is 12. The summed E-state index contributed by atoms with van der Waals surface area (Å²) in [5, 5.41) is 3.04. The quantitative estimate of drug-likeness (QED) is 0.472. The second-order valence-electron chi connectivity index (χ2n) is 7.84. The van der Waals surface area contributed by atoms with Gasteiger partial charge in [-0.15, -0.1) is 0 Å². The zero-order chi connectivity index (χ0) is 25.3. The number of anilines is 1. The van der Waals surface area contributed by atoms with Gasteiger partial charge in [-0.05, 0) is 44.0 Å². The Kier molecular flexibility index (Phi) is 10.2. The molecule has 10 heteroatoms. The number of sulfonamides is 1. The van der Waals surface area contributed by atoms with Crippen molar-refractivity contribution in [3.05, 3.63) is 59.1 Å². The van der Waals surface area contributed by atoms with Crippen molar-refractivity contribution in [2.75, 3.05) is 30.8 Å². The number of benzene rings is 2. The topological polar surface area (TPSA) is 96.0 Å². The summed E-state index contributed by atoms with van der Waals surface area (Å²) in [6, 6.07) is 13.5. The van der Waals surface area contributed by atoms with Crippen LogP contribution in [-0.2, 0) is 26.2 Å². The number of likely N-dealkylation sites (N-methyl/N-ethyl adjacent to an activating group) is 1. The van der Waals surface area contributed by atoms with Gasteiger partial charge in [0.05, 0.1) is 24.1 Å². The summed E-state index contributed by atoms with van der Waals surface area (Å²) in [7, 11) is -2.14. The fraction of sp³-hybridized carbons (Fsp3) is 0.417. The van der Waals surface area contributed by atoms with E-state index in [4.69, 9.17) is 16.3 Å². The molecule has 186 valence electrons. The summed E-state index contributed by atoms with van der Waals surface area (Å²) in [6.07, 6.45) is 1.45. The predicted octanol–water partition coefficient (Wildman–Crippen LogP) is 3.45. The molecule has 1 unspecified atom stereocenters. The number of ether oxygens (including phenoxy) is 1. The maximum absolute atomic E-state index is 13.1. The van der Waals surface area contributed by atoms with Crippen LogP contribution in [-0.4, -0.2) is 57.6 Å². The van der Waals surface area contributed by atoms with Crippen LogP contribution in [0.3, 0.4) is 0 Å². The molecule has 0 heterocycles. The highest BCUT2D eigenvalue weighted by Crippen LogP contribution is 2.30. The standard InChI is InChI=1S/C24H32ClN3O5S/c1-5-26-24(30)18(2)27(17-19-10-7-6-8-11-19)23(29)12-9-15-28(34(4,31)32)20-13-14-22(33-3)21(25)16-20/h6-8,10-11,13-14,16,18H,5,9,12,15,17H2,1-4H3,(H,26,30). The lowest BCUT2D eigenvalue weighted by Crippen LogP contribution is -2.47. The Morgan fingerprint density at radius 1 is 1.15 bits per heavy atom. The molecule has 0 aliphatic carbocycles. The SMILES string of the molecule is CCNC(=O)C(C)N(Cc1ccccc1)C(=O)CCCN(c1ccc(OC)c(Cl)c1)S(C)(=O)=O. The van der Waals surface area contributed by atoms with Gasteiger partial charge in [-0.3, -0.25) is 13.9 Å². The third-order valence-electron chi connectivity index (χ3n) is 5.29. The van der Waals surface area contributed by atoms with Crippen molar-refractivity contribution in [1.29, 1.82) is 0 Å². The summed E-state index contributed by atoms with van der Waals surface area (Å²) in [4.78, 5) is 27.1. The van der Waals surface area contributed by atoms with Gasteiger partial charge in [0.2, 0.25) is 21.8 Å². The Bertz CT molecular complexity index is 1080. The molecule has 0 bridgehead atoms. The minimum Gasteiger partial charge on any atom is -0.495 e. The second kappa shape index (κ2) is 12.6. The minimum atomic E-state index is -3.61. The molecule has 1 N–H and O–H groups in total. The van der Waals surface area contributed by atoms with Gasteiger partial charge in [-0.2, -0.15) is 0 Å². The number of hydrogen-bond donors (Lipinski definition) is 1. The Labute approximate surface area is 206 Å². The first-order chi connectivity index (χ1) is 16.1. The highest BCUT2D eigenvalue weighted by molar-refractivity contribution is 7.92. The van der Waals surface area contributed by atoms with E-state index in [0.717, 1.165) is 11.8 Å². The Balaban J connectivity index is 2.15. The Morgan fingerprint density at radius 2 is 1.82 bits per heavy atom. The van der Waals surface area contributed by atoms with E-state index in [1.807, 2.05) is 37.3 Å². The first kappa shape index (κ1) is 27.5. The molecule has 34 heavy (non-hydrogen) atoms. The fourth-order valence-electron chi connectivity index (χ4n) is 3.50. The normalized spacial score (nSPS) is 12.0. The van der Waals surface area contributed by atoms with Crippen LogP contribution in [0.25, 0.3) is 0 Å². The third-order valence-corrected chi connectivity index (χ3v) is 6.78. The number of nitrogens with zero attached hydrogens (tertiary/aromatic N) is 2. The van der Waals surface area contributed by atoms with Crippen LogP contribution in [0, 0.1) is 0 Å². The molecule has 8 nitrogen and oxygen atoms in total. The summed E-state index contributed by atoms with van der Waals surface area (Å²) in [6.45, 7) is 4.33.